The fourth-order valence-corrected chi connectivity index (χ4v) is 2.21. The molecule has 0 amide bonds. The molecule has 0 saturated heterocycles. The third-order valence-electron chi connectivity index (χ3n) is 3.40. The van der Waals surface area contributed by atoms with E-state index in [-0.39, 0.29) is 0 Å². The lowest BCUT2D eigenvalue weighted by Gasteiger charge is -2.24. The molecular weight excluding hydrogens is 262 g/mol. The molecule has 21 heavy (non-hydrogen) atoms. The van der Waals surface area contributed by atoms with Gasteiger partial charge in [-0.3, -0.25) is 0 Å². The third-order valence-corrected chi connectivity index (χ3v) is 3.40. The first-order chi connectivity index (χ1) is 10.2. The molecule has 0 unspecified atom stereocenters. The van der Waals surface area contributed by atoms with Gasteiger partial charge in [-0.15, -0.1) is 0 Å². The highest BCUT2D eigenvalue weighted by Crippen LogP contribution is 2.27. The number of methoxy groups -OCH3 is 1. The van der Waals surface area contributed by atoms with Crippen LogP contribution >= 0.6 is 0 Å². The van der Waals surface area contributed by atoms with Crippen molar-refractivity contribution in [2.75, 3.05) is 24.3 Å². The molecule has 2 aromatic rings. The Morgan fingerprint density at radius 1 is 1.19 bits per heavy atom. The van der Waals surface area contributed by atoms with Gasteiger partial charge >= 0.3 is 0 Å². The highest BCUT2D eigenvalue weighted by atomic mass is 16.5. The number of benzene rings is 2. The summed E-state index contributed by atoms with van der Waals surface area (Å²) in [5.41, 5.74) is 9.14. The van der Waals surface area contributed by atoms with E-state index in [1.165, 1.54) is 0 Å². The molecule has 0 aliphatic heterocycles. The zero-order valence-electron chi connectivity index (χ0n) is 12.3. The van der Waals surface area contributed by atoms with Crippen molar-refractivity contribution in [1.29, 1.82) is 5.26 Å². The molecule has 0 heterocycles. The number of hydrogen-bond acceptors (Lipinski definition) is 4. The van der Waals surface area contributed by atoms with E-state index in [1.54, 1.807) is 19.2 Å². The largest absolute Gasteiger partial charge is 0.497 e. The minimum absolute atomic E-state index is 0.646. The zero-order valence-corrected chi connectivity index (χ0v) is 12.3. The smallest absolute Gasteiger partial charge is 0.121 e. The molecule has 4 nitrogen and oxygen atoms in total. The standard InChI is InChI=1S/C17H19N3O/c1-3-20(12-13-4-7-15(19)8-5-13)17-10-16(21-2)9-6-14(17)11-18/h4-10H,3,12,19H2,1-2H3. The van der Waals surface area contributed by atoms with Crippen molar-refractivity contribution < 1.29 is 4.74 Å². The van der Waals surface area contributed by atoms with Crippen molar-refractivity contribution in [1.82, 2.24) is 0 Å². The molecule has 108 valence electrons. The maximum atomic E-state index is 9.29. The summed E-state index contributed by atoms with van der Waals surface area (Å²) in [6.07, 6.45) is 0. The second-order valence-electron chi connectivity index (χ2n) is 4.75. The first-order valence-electron chi connectivity index (χ1n) is 6.85. The van der Waals surface area contributed by atoms with Gasteiger partial charge in [0.25, 0.3) is 0 Å². The number of hydrogen-bond donors (Lipinski definition) is 1. The van der Waals surface area contributed by atoms with Crippen LogP contribution in [0.1, 0.15) is 18.1 Å². The maximum absolute atomic E-state index is 9.29. The number of ether oxygens (including phenoxy) is 1. The SMILES string of the molecule is CCN(Cc1ccc(N)cc1)c1cc(OC)ccc1C#N. The van der Waals surface area contributed by atoms with Gasteiger partial charge in [0.05, 0.1) is 18.4 Å². The Bertz CT molecular complexity index is 644. The summed E-state index contributed by atoms with van der Waals surface area (Å²) in [5.74, 6) is 0.750. The van der Waals surface area contributed by atoms with E-state index in [0.29, 0.717) is 5.56 Å². The molecule has 0 saturated carbocycles. The van der Waals surface area contributed by atoms with Crippen LogP contribution in [0, 0.1) is 11.3 Å². The number of nitrogen functional groups attached to an aromatic ring is 1. The van der Waals surface area contributed by atoms with Gasteiger partial charge in [0.2, 0.25) is 0 Å². The molecule has 2 N–H and O–H groups in total. The summed E-state index contributed by atoms with van der Waals surface area (Å²) in [5, 5.41) is 9.29. The van der Waals surface area contributed by atoms with Gasteiger partial charge < -0.3 is 15.4 Å². The molecule has 0 aliphatic carbocycles. The fraction of sp³-hybridized carbons (Fsp3) is 0.235. The molecule has 0 spiro atoms. The van der Waals surface area contributed by atoms with Crippen LogP contribution in [0.15, 0.2) is 42.5 Å². The lowest BCUT2D eigenvalue weighted by atomic mass is 10.1. The first kappa shape index (κ1) is 14.7. The van der Waals surface area contributed by atoms with Crippen molar-refractivity contribution in [3.05, 3.63) is 53.6 Å². The summed E-state index contributed by atoms with van der Waals surface area (Å²) in [6, 6.07) is 15.5. The number of nitrogens with two attached hydrogens (primary N) is 1. The lowest BCUT2D eigenvalue weighted by molar-refractivity contribution is 0.414. The molecule has 0 atom stereocenters. The second-order valence-corrected chi connectivity index (χ2v) is 4.75. The van der Waals surface area contributed by atoms with Crippen LogP contribution in [0.3, 0.4) is 0 Å². The van der Waals surface area contributed by atoms with E-state index in [0.717, 1.165) is 35.8 Å². The summed E-state index contributed by atoms with van der Waals surface area (Å²) in [6.45, 7) is 3.59. The Morgan fingerprint density at radius 2 is 1.90 bits per heavy atom. The molecule has 0 radical (unpaired) electrons. The number of anilines is 2. The molecule has 2 aromatic carbocycles. The summed E-state index contributed by atoms with van der Waals surface area (Å²) < 4.78 is 5.26. The molecule has 0 bridgehead atoms. The highest BCUT2D eigenvalue weighted by molar-refractivity contribution is 5.62. The summed E-state index contributed by atoms with van der Waals surface area (Å²) >= 11 is 0. The number of rotatable bonds is 5. The van der Waals surface area contributed by atoms with Gasteiger partial charge in [0, 0.05) is 24.8 Å². The van der Waals surface area contributed by atoms with Gasteiger partial charge in [-0.05, 0) is 36.8 Å². The van der Waals surface area contributed by atoms with E-state index >= 15 is 0 Å². The zero-order chi connectivity index (χ0) is 15.2. The van der Waals surface area contributed by atoms with Crippen LogP contribution < -0.4 is 15.4 Å². The lowest BCUT2D eigenvalue weighted by Crippen LogP contribution is -2.23. The van der Waals surface area contributed by atoms with Gasteiger partial charge in [0.15, 0.2) is 0 Å². The molecule has 2 rings (SSSR count). The number of nitrogens with zero attached hydrogens (tertiary/aromatic N) is 2. The van der Waals surface area contributed by atoms with E-state index in [1.807, 2.05) is 30.3 Å². The van der Waals surface area contributed by atoms with E-state index in [4.69, 9.17) is 10.5 Å². The predicted molar refractivity (Wildman–Crippen MR) is 85.3 cm³/mol. The average molecular weight is 281 g/mol. The third kappa shape index (κ3) is 3.46. The van der Waals surface area contributed by atoms with Crippen molar-refractivity contribution in [2.24, 2.45) is 0 Å². The monoisotopic (exact) mass is 281 g/mol. The fourth-order valence-electron chi connectivity index (χ4n) is 2.21. The van der Waals surface area contributed by atoms with Crippen molar-refractivity contribution >= 4 is 11.4 Å². The van der Waals surface area contributed by atoms with Crippen LogP contribution in [0.4, 0.5) is 11.4 Å². The Morgan fingerprint density at radius 3 is 2.48 bits per heavy atom. The minimum atomic E-state index is 0.646. The van der Waals surface area contributed by atoms with Crippen molar-refractivity contribution in [3.8, 4) is 11.8 Å². The molecule has 0 aromatic heterocycles. The second kappa shape index (κ2) is 6.67. The Kier molecular flexibility index (Phi) is 4.68. The topological polar surface area (TPSA) is 62.3 Å². The first-order valence-corrected chi connectivity index (χ1v) is 6.85. The van der Waals surface area contributed by atoms with Crippen LogP contribution in [0.25, 0.3) is 0 Å². The highest BCUT2D eigenvalue weighted by Gasteiger charge is 2.12. The van der Waals surface area contributed by atoms with E-state index in [9.17, 15) is 5.26 Å². The van der Waals surface area contributed by atoms with Crippen LogP contribution in [-0.2, 0) is 6.54 Å². The summed E-state index contributed by atoms with van der Waals surface area (Å²) in [4.78, 5) is 2.15. The average Bonchev–Trinajstić information content (AvgIpc) is 2.53. The van der Waals surface area contributed by atoms with Crippen molar-refractivity contribution in [2.45, 2.75) is 13.5 Å². The van der Waals surface area contributed by atoms with Gasteiger partial charge in [-0.25, -0.2) is 0 Å². The van der Waals surface area contributed by atoms with E-state index < -0.39 is 0 Å². The Hall–Kier alpha value is -2.67. The number of nitriles is 1. The normalized spacial score (nSPS) is 9.95. The van der Waals surface area contributed by atoms with Gasteiger partial charge in [0.1, 0.15) is 11.8 Å². The van der Waals surface area contributed by atoms with Gasteiger partial charge in [-0.1, -0.05) is 12.1 Å². The van der Waals surface area contributed by atoms with Crippen LogP contribution in [-0.4, -0.2) is 13.7 Å². The molecular formula is C17H19N3O. The van der Waals surface area contributed by atoms with Crippen molar-refractivity contribution in [3.63, 3.8) is 0 Å². The Labute approximate surface area is 125 Å². The molecule has 0 aliphatic rings. The molecule has 4 heteroatoms. The maximum Gasteiger partial charge on any atom is 0.121 e. The van der Waals surface area contributed by atoms with Crippen LogP contribution in [0.5, 0.6) is 5.75 Å². The quantitative estimate of drug-likeness (QED) is 0.855. The molecule has 0 fully saturated rings. The van der Waals surface area contributed by atoms with E-state index in [2.05, 4.69) is 17.9 Å². The van der Waals surface area contributed by atoms with Crippen LogP contribution in [0.2, 0.25) is 0 Å². The predicted octanol–water partition coefficient (Wildman–Crippen LogP) is 3.18. The Balaban J connectivity index is 2.32. The van der Waals surface area contributed by atoms with Gasteiger partial charge in [-0.2, -0.15) is 5.26 Å². The summed E-state index contributed by atoms with van der Waals surface area (Å²) in [7, 11) is 1.63. The minimum Gasteiger partial charge on any atom is -0.497 e.